The van der Waals surface area contributed by atoms with Gasteiger partial charge in [-0.3, -0.25) is 0 Å². The van der Waals surface area contributed by atoms with Gasteiger partial charge in [0.05, 0.1) is 0 Å². The molecule has 0 N–H and O–H groups in total. The van der Waals surface area contributed by atoms with E-state index in [1.165, 1.54) is 141 Å². The predicted molar refractivity (Wildman–Crippen MR) is 125 cm³/mol. The molecule has 0 amide bonds. The SMILES string of the molecule is BC(CCC)CCCCCCCCCCCCCCCCCCCCC. The maximum absolute atomic E-state index is 2.43. The quantitative estimate of drug-likeness (QED) is 0.133. The first-order valence-corrected chi connectivity index (χ1v) is 12.8. The summed E-state index contributed by atoms with van der Waals surface area (Å²) in [6.07, 6.45) is 32.3. The van der Waals surface area contributed by atoms with Crippen LogP contribution in [0.3, 0.4) is 0 Å². The minimum atomic E-state index is 0.964. The third kappa shape index (κ3) is 22.1. The average Bonchev–Trinajstić information content (AvgIpc) is 2.64. The van der Waals surface area contributed by atoms with Crippen LogP contribution in [0.2, 0.25) is 5.82 Å². The van der Waals surface area contributed by atoms with E-state index in [9.17, 15) is 0 Å². The van der Waals surface area contributed by atoms with Gasteiger partial charge < -0.3 is 0 Å². The van der Waals surface area contributed by atoms with Crippen molar-refractivity contribution in [2.75, 3.05) is 0 Å². The molecule has 0 aromatic carbocycles. The number of hydrogen-bond donors (Lipinski definition) is 0. The maximum atomic E-state index is 2.43. The summed E-state index contributed by atoms with van der Waals surface area (Å²) in [5, 5.41) is 0. The highest BCUT2D eigenvalue weighted by Gasteiger charge is 2.00. The molecule has 0 fully saturated rings. The first kappa shape index (κ1) is 26.1. The van der Waals surface area contributed by atoms with Crippen molar-refractivity contribution < 1.29 is 0 Å². The summed E-state index contributed by atoms with van der Waals surface area (Å²) in [6, 6.07) is 0. The molecule has 0 spiro atoms. The van der Waals surface area contributed by atoms with E-state index in [4.69, 9.17) is 0 Å². The molecule has 0 radical (unpaired) electrons. The van der Waals surface area contributed by atoms with E-state index in [-0.39, 0.29) is 0 Å². The molecule has 0 saturated heterocycles. The largest absolute Gasteiger partial charge is 0.105 e. The highest BCUT2D eigenvalue weighted by Crippen LogP contribution is 2.19. The Morgan fingerprint density at radius 2 is 0.692 bits per heavy atom. The van der Waals surface area contributed by atoms with E-state index in [0.29, 0.717) is 0 Å². The molecular weight excluding hydrogens is 311 g/mol. The standard InChI is InChI=1S/C25H53B/c1-3-5-6-7-8-9-10-11-12-13-14-15-16-17-18-19-20-21-22-24-25(26)23-4-2/h25H,3-24,26H2,1-2H3. The molecule has 0 nitrogen and oxygen atoms in total. The molecule has 1 atom stereocenters. The third-order valence-corrected chi connectivity index (χ3v) is 6.08. The summed E-state index contributed by atoms with van der Waals surface area (Å²) in [6.45, 7) is 4.61. The van der Waals surface area contributed by atoms with Gasteiger partial charge in [-0.2, -0.15) is 0 Å². The molecule has 26 heavy (non-hydrogen) atoms. The summed E-state index contributed by atoms with van der Waals surface area (Å²) in [7, 11) is 2.43. The Hall–Kier alpha value is 0.0649. The van der Waals surface area contributed by atoms with Crippen LogP contribution < -0.4 is 0 Å². The van der Waals surface area contributed by atoms with Gasteiger partial charge in [0.25, 0.3) is 0 Å². The first-order chi connectivity index (χ1) is 12.8. The van der Waals surface area contributed by atoms with E-state index < -0.39 is 0 Å². The van der Waals surface area contributed by atoms with Crippen LogP contribution in [0.15, 0.2) is 0 Å². The molecule has 0 heterocycles. The van der Waals surface area contributed by atoms with E-state index in [2.05, 4.69) is 21.7 Å². The van der Waals surface area contributed by atoms with Crippen molar-refractivity contribution in [1.29, 1.82) is 0 Å². The van der Waals surface area contributed by atoms with E-state index in [1.54, 1.807) is 0 Å². The van der Waals surface area contributed by atoms with Crippen LogP contribution in [0.5, 0.6) is 0 Å². The second-order valence-electron chi connectivity index (χ2n) is 9.05. The zero-order valence-corrected chi connectivity index (χ0v) is 19.1. The van der Waals surface area contributed by atoms with Crippen molar-refractivity contribution in [2.24, 2.45) is 0 Å². The molecule has 0 aliphatic carbocycles. The molecule has 0 bridgehead atoms. The smallest absolute Gasteiger partial charge is 0.0697 e. The minimum Gasteiger partial charge on any atom is -0.0697 e. The number of rotatable bonds is 22. The van der Waals surface area contributed by atoms with Gasteiger partial charge in [-0.25, -0.2) is 0 Å². The summed E-state index contributed by atoms with van der Waals surface area (Å²) in [4.78, 5) is 0. The maximum Gasteiger partial charge on any atom is 0.105 e. The van der Waals surface area contributed by atoms with Gasteiger partial charge in [-0.15, -0.1) is 0 Å². The predicted octanol–water partition coefficient (Wildman–Crippen LogP) is 9.03. The zero-order chi connectivity index (χ0) is 19.1. The van der Waals surface area contributed by atoms with Crippen LogP contribution in [-0.2, 0) is 0 Å². The van der Waals surface area contributed by atoms with Gasteiger partial charge in [-0.1, -0.05) is 161 Å². The summed E-state index contributed by atoms with van der Waals surface area (Å²) in [5.41, 5.74) is 0. The topological polar surface area (TPSA) is 0 Å². The fourth-order valence-electron chi connectivity index (χ4n) is 4.21. The van der Waals surface area contributed by atoms with Gasteiger partial charge in [0.15, 0.2) is 0 Å². The van der Waals surface area contributed by atoms with E-state index in [0.717, 1.165) is 5.82 Å². The number of hydrogen-bond acceptors (Lipinski definition) is 0. The Bertz CT molecular complexity index is 238. The highest BCUT2D eigenvalue weighted by molar-refractivity contribution is 6.11. The lowest BCUT2D eigenvalue weighted by atomic mass is 9.79. The normalized spacial score (nSPS) is 12.5. The van der Waals surface area contributed by atoms with Crippen LogP contribution in [0.4, 0.5) is 0 Å². The molecule has 1 unspecified atom stereocenters. The summed E-state index contributed by atoms with van der Waals surface area (Å²) < 4.78 is 0. The lowest BCUT2D eigenvalue weighted by Crippen LogP contribution is -1.92. The molecule has 0 aliphatic rings. The van der Waals surface area contributed by atoms with E-state index >= 15 is 0 Å². The second kappa shape index (κ2) is 23.1. The van der Waals surface area contributed by atoms with Crippen molar-refractivity contribution in [3.05, 3.63) is 0 Å². The molecule has 0 saturated carbocycles. The molecule has 0 aliphatic heterocycles. The molecule has 1 heteroatoms. The van der Waals surface area contributed by atoms with Crippen LogP contribution in [0.1, 0.15) is 155 Å². The van der Waals surface area contributed by atoms with Crippen LogP contribution in [0.25, 0.3) is 0 Å². The van der Waals surface area contributed by atoms with Gasteiger partial charge in [0.1, 0.15) is 7.85 Å². The molecule has 0 rings (SSSR count). The molecule has 156 valence electrons. The lowest BCUT2D eigenvalue weighted by molar-refractivity contribution is 0.519. The fourth-order valence-corrected chi connectivity index (χ4v) is 4.21. The van der Waals surface area contributed by atoms with Gasteiger partial charge in [0.2, 0.25) is 0 Å². The molecule has 0 aromatic heterocycles. The summed E-state index contributed by atoms with van der Waals surface area (Å²) in [5.74, 6) is 0.964. The van der Waals surface area contributed by atoms with Gasteiger partial charge in [0, 0.05) is 0 Å². The Morgan fingerprint density at radius 1 is 0.385 bits per heavy atom. The monoisotopic (exact) mass is 364 g/mol. The van der Waals surface area contributed by atoms with Crippen molar-refractivity contribution in [3.8, 4) is 0 Å². The van der Waals surface area contributed by atoms with Crippen molar-refractivity contribution in [1.82, 2.24) is 0 Å². The Labute approximate surface area is 169 Å². The Kier molecular flexibility index (Phi) is 23.2. The van der Waals surface area contributed by atoms with Crippen molar-refractivity contribution >= 4 is 7.85 Å². The molecular formula is C25H53B. The zero-order valence-electron chi connectivity index (χ0n) is 19.1. The van der Waals surface area contributed by atoms with Crippen molar-refractivity contribution in [3.63, 3.8) is 0 Å². The van der Waals surface area contributed by atoms with E-state index in [1.807, 2.05) is 0 Å². The fraction of sp³-hybridized carbons (Fsp3) is 1.00. The minimum absolute atomic E-state index is 0.964. The van der Waals surface area contributed by atoms with Gasteiger partial charge >= 0.3 is 0 Å². The van der Waals surface area contributed by atoms with Crippen LogP contribution >= 0.6 is 0 Å². The van der Waals surface area contributed by atoms with Crippen LogP contribution in [-0.4, -0.2) is 7.85 Å². The van der Waals surface area contributed by atoms with Crippen LogP contribution in [0, 0.1) is 0 Å². The third-order valence-electron chi connectivity index (χ3n) is 6.08. The Morgan fingerprint density at radius 3 is 1.00 bits per heavy atom. The highest BCUT2D eigenvalue weighted by atomic mass is 14.0. The van der Waals surface area contributed by atoms with Crippen molar-refractivity contribution in [2.45, 2.75) is 161 Å². The lowest BCUT2D eigenvalue weighted by Gasteiger charge is -2.09. The van der Waals surface area contributed by atoms with Gasteiger partial charge in [-0.05, 0) is 0 Å². The summed E-state index contributed by atoms with van der Waals surface area (Å²) >= 11 is 0. The molecule has 0 aromatic rings. The average molecular weight is 365 g/mol. The first-order valence-electron chi connectivity index (χ1n) is 12.8. The number of unbranched alkanes of at least 4 members (excludes halogenated alkanes) is 18. The second-order valence-corrected chi connectivity index (χ2v) is 9.05. The Balaban J connectivity index is 3.01.